The Morgan fingerprint density at radius 2 is 1.82 bits per heavy atom. The second-order valence-corrected chi connectivity index (χ2v) is 7.86. The van der Waals surface area contributed by atoms with E-state index in [0.29, 0.717) is 6.04 Å². The van der Waals surface area contributed by atoms with Crippen molar-refractivity contribution < 1.29 is 4.79 Å². The standard InChI is InChI=1S/C24H27N3O/c1-16-11-12-19(26-20-14-27(3)15-20)13-23(16)24(28)25-17(2)21-10-6-8-18-7-4-5-9-22(18)21/h4-13,17,20,26H,14-15H2,1-3H3,(H,25,28)/t17-/m1/s1. The van der Waals surface area contributed by atoms with Crippen LogP contribution in [0.15, 0.2) is 60.7 Å². The molecule has 0 radical (unpaired) electrons. The average Bonchev–Trinajstić information content (AvgIpc) is 2.67. The van der Waals surface area contributed by atoms with Crippen molar-refractivity contribution in [2.24, 2.45) is 0 Å². The van der Waals surface area contributed by atoms with Crippen LogP contribution in [0.5, 0.6) is 0 Å². The van der Waals surface area contributed by atoms with Gasteiger partial charge in [0.25, 0.3) is 5.91 Å². The van der Waals surface area contributed by atoms with E-state index in [0.717, 1.165) is 35.5 Å². The van der Waals surface area contributed by atoms with Crippen LogP contribution in [0.25, 0.3) is 10.8 Å². The second-order valence-electron chi connectivity index (χ2n) is 7.86. The number of carbonyl (C=O) groups is 1. The highest BCUT2D eigenvalue weighted by molar-refractivity contribution is 5.97. The summed E-state index contributed by atoms with van der Waals surface area (Å²) in [5, 5.41) is 9.07. The van der Waals surface area contributed by atoms with E-state index in [1.807, 2.05) is 44.2 Å². The molecule has 144 valence electrons. The van der Waals surface area contributed by atoms with Crippen molar-refractivity contribution in [1.82, 2.24) is 10.2 Å². The number of benzene rings is 3. The number of hydrogen-bond donors (Lipinski definition) is 2. The zero-order valence-corrected chi connectivity index (χ0v) is 16.7. The molecule has 2 N–H and O–H groups in total. The number of anilines is 1. The van der Waals surface area contributed by atoms with Crippen LogP contribution < -0.4 is 10.6 Å². The quantitative estimate of drug-likeness (QED) is 0.698. The van der Waals surface area contributed by atoms with Gasteiger partial charge in [0.15, 0.2) is 0 Å². The molecule has 3 aromatic carbocycles. The van der Waals surface area contributed by atoms with E-state index < -0.39 is 0 Å². The lowest BCUT2D eigenvalue weighted by atomic mass is 9.99. The number of fused-ring (bicyclic) bond motifs is 1. The Bertz CT molecular complexity index is 1000. The summed E-state index contributed by atoms with van der Waals surface area (Å²) < 4.78 is 0. The van der Waals surface area contributed by atoms with Crippen LogP contribution in [0.3, 0.4) is 0 Å². The van der Waals surface area contributed by atoms with Gasteiger partial charge in [0.1, 0.15) is 0 Å². The smallest absolute Gasteiger partial charge is 0.252 e. The van der Waals surface area contributed by atoms with E-state index in [1.165, 1.54) is 10.8 Å². The highest BCUT2D eigenvalue weighted by Gasteiger charge is 2.23. The van der Waals surface area contributed by atoms with E-state index in [-0.39, 0.29) is 11.9 Å². The number of aryl methyl sites for hydroxylation is 1. The lowest BCUT2D eigenvalue weighted by Gasteiger charge is -2.37. The summed E-state index contributed by atoms with van der Waals surface area (Å²) in [6.45, 7) is 6.10. The SMILES string of the molecule is Cc1ccc(NC2CN(C)C2)cc1C(=O)N[C@H](C)c1cccc2ccccc12. The average molecular weight is 374 g/mol. The second kappa shape index (κ2) is 7.64. The molecule has 1 amide bonds. The molecule has 4 nitrogen and oxygen atoms in total. The van der Waals surface area contributed by atoms with Gasteiger partial charge < -0.3 is 15.5 Å². The molecule has 1 fully saturated rings. The first-order chi connectivity index (χ1) is 13.5. The third-order valence-corrected chi connectivity index (χ3v) is 5.55. The van der Waals surface area contributed by atoms with Crippen LogP contribution in [0, 0.1) is 6.92 Å². The van der Waals surface area contributed by atoms with E-state index in [9.17, 15) is 4.79 Å². The third kappa shape index (κ3) is 3.73. The summed E-state index contributed by atoms with van der Waals surface area (Å²) in [7, 11) is 2.11. The van der Waals surface area contributed by atoms with Gasteiger partial charge in [-0.15, -0.1) is 0 Å². The zero-order valence-electron chi connectivity index (χ0n) is 16.7. The van der Waals surface area contributed by atoms with Crippen molar-refractivity contribution in [3.63, 3.8) is 0 Å². The Labute approximate surface area is 166 Å². The maximum atomic E-state index is 13.0. The van der Waals surface area contributed by atoms with E-state index >= 15 is 0 Å². The fourth-order valence-electron chi connectivity index (χ4n) is 3.96. The Kier molecular flexibility index (Phi) is 5.05. The maximum absolute atomic E-state index is 13.0. The van der Waals surface area contributed by atoms with Crippen LogP contribution in [0.4, 0.5) is 5.69 Å². The van der Waals surface area contributed by atoms with Crippen LogP contribution >= 0.6 is 0 Å². The number of likely N-dealkylation sites (N-methyl/N-ethyl adjacent to an activating group) is 1. The summed E-state index contributed by atoms with van der Waals surface area (Å²) in [5.41, 5.74) is 3.85. The number of likely N-dealkylation sites (tertiary alicyclic amines) is 1. The fraction of sp³-hybridized carbons (Fsp3) is 0.292. The van der Waals surface area contributed by atoms with Crippen molar-refractivity contribution in [3.8, 4) is 0 Å². The summed E-state index contributed by atoms with van der Waals surface area (Å²) in [6, 6.07) is 21.0. The van der Waals surface area contributed by atoms with E-state index in [2.05, 4.69) is 52.9 Å². The Morgan fingerprint density at radius 1 is 1.07 bits per heavy atom. The van der Waals surface area contributed by atoms with Crippen molar-refractivity contribution >= 4 is 22.4 Å². The first-order valence-electron chi connectivity index (χ1n) is 9.85. The largest absolute Gasteiger partial charge is 0.380 e. The van der Waals surface area contributed by atoms with E-state index in [4.69, 9.17) is 0 Å². The molecule has 1 heterocycles. The normalized spacial score (nSPS) is 15.8. The number of carbonyl (C=O) groups excluding carboxylic acids is 1. The maximum Gasteiger partial charge on any atom is 0.252 e. The molecule has 0 aromatic heterocycles. The van der Waals surface area contributed by atoms with Crippen LogP contribution in [-0.2, 0) is 0 Å². The molecule has 1 aliphatic heterocycles. The topological polar surface area (TPSA) is 44.4 Å². The fourth-order valence-corrected chi connectivity index (χ4v) is 3.96. The summed E-state index contributed by atoms with van der Waals surface area (Å²) >= 11 is 0. The molecule has 0 unspecified atom stereocenters. The molecule has 1 aliphatic rings. The number of hydrogen-bond acceptors (Lipinski definition) is 3. The van der Waals surface area contributed by atoms with Crippen molar-refractivity contribution in [1.29, 1.82) is 0 Å². The van der Waals surface area contributed by atoms with Crippen molar-refractivity contribution in [2.75, 3.05) is 25.5 Å². The van der Waals surface area contributed by atoms with Crippen LogP contribution in [-0.4, -0.2) is 37.0 Å². The van der Waals surface area contributed by atoms with Gasteiger partial charge in [-0.05, 0) is 54.9 Å². The number of nitrogens with zero attached hydrogens (tertiary/aromatic N) is 1. The van der Waals surface area contributed by atoms with Gasteiger partial charge >= 0.3 is 0 Å². The molecule has 4 rings (SSSR count). The van der Waals surface area contributed by atoms with Crippen molar-refractivity contribution in [3.05, 3.63) is 77.4 Å². The van der Waals surface area contributed by atoms with Gasteiger partial charge in [0, 0.05) is 24.3 Å². The first kappa shape index (κ1) is 18.5. The predicted octanol–water partition coefficient (Wildman–Crippen LogP) is 4.37. The number of nitrogens with one attached hydrogen (secondary N) is 2. The Morgan fingerprint density at radius 3 is 2.61 bits per heavy atom. The molecule has 0 saturated carbocycles. The number of rotatable bonds is 5. The van der Waals surface area contributed by atoms with Crippen LogP contribution in [0.1, 0.15) is 34.5 Å². The molecular weight excluding hydrogens is 346 g/mol. The highest BCUT2D eigenvalue weighted by atomic mass is 16.1. The Balaban J connectivity index is 1.52. The molecule has 1 saturated heterocycles. The zero-order chi connectivity index (χ0) is 19.7. The molecule has 28 heavy (non-hydrogen) atoms. The van der Waals surface area contributed by atoms with Gasteiger partial charge in [-0.1, -0.05) is 48.5 Å². The predicted molar refractivity (Wildman–Crippen MR) is 116 cm³/mol. The Hall–Kier alpha value is -2.85. The minimum Gasteiger partial charge on any atom is -0.380 e. The summed E-state index contributed by atoms with van der Waals surface area (Å²) in [5.74, 6) is -0.0349. The summed E-state index contributed by atoms with van der Waals surface area (Å²) in [4.78, 5) is 15.3. The van der Waals surface area contributed by atoms with Crippen LogP contribution in [0.2, 0.25) is 0 Å². The molecule has 3 aromatic rings. The van der Waals surface area contributed by atoms with Gasteiger partial charge in [-0.3, -0.25) is 4.79 Å². The van der Waals surface area contributed by atoms with Gasteiger partial charge in [0.05, 0.1) is 12.1 Å². The lowest BCUT2D eigenvalue weighted by molar-refractivity contribution is 0.0939. The van der Waals surface area contributed by atoms with Crippen molar-refractivity contribution in [2.45, 2.75) is 25.9 Å². The van der Waals surface area contributed by atoms with E-state index in [1.54, 1.807) is 0 Å². The highest BCUT2D eigenvalue weighted by Crippen LogP contribution is 2.25. The van der Waals surface area contributed by atoms with Gasteiger partial charge in [0.2, 0.25) is 0 Å². The molecule has 0 spiro atoms. The molecular formula is C24H27N3O. The molecule has 0 aliphatic carbocycles. The number of amides is 1. The first-order valence-corrected chi connectivity index (χ1v) is 9.85. The van der Waals surface area contributed by atoms with Gasteiger partial charge in [-0.25, -0.2) is 0 Å². The minimum atomic E-state index is -0.0742. The molecule has 4 heteroatoms. The monoisotopic (exact) mass is 373 g/mol. The molecule has 0 bridgehead atoms. The van der Waals surface area contributed by atoms with Gasteiger partial charge in [-0.2, -0.15) is 0 Å². The minimum absolute atomic E-state index is 0.0349. The third-order valence-electron chi connectivity index (χ3n) is 5.55. The lowest BCUT2D eigenvalue weighted by Crippen LogP contribution is -2.52. The summed E-state index contributed by atoms with van der Waals surface area (Å²) in [6.07, 6.45) is 0. The molecule has 1 atom stereocenters.